The number of hydrogen-bond acceptors (Lipinski definition) is 4. The maximum atomic E-state index is 10.4. The lowest BCUT2D eigenvalue weighted by atomic mass is 10.1. The fraction of sp³-hybridized carbons (Fsp3) is 0.640. The maximum Gasteiger partial charge on any atom is 0.320 e. The highest BCUT2D eigenvalue weighted by atomic mass is 16.4. The predicted molar refractivity (Wildman–Crippen MR) is 126 cm³/mol. The van der Waals surface area contributed by atoms with Crippen molar-refractivity contribution in [3.8, 4) is 0 Å². The molecule has 0 amide bonds. The summed E-state index contributed by atoms with van der Waals surface area (Å²) >= 11 is 0. The van der Waals surface area contributed by atoms with E-state index in [1.54, 1.807) is 0 Å². The van der Waals surface area contributed by atoms with Gasteiger partial charge in [0.2, 0.25) is 0 Å². The monoisotopic (exact) mass is 417 g/mol. The summed E-state index contributed by atoms with van der Waals surface area (Å²) in [6.45, 7) is 4.60. The SMILES string of the molecule is CCCCCCCCCCCCN1C=CN(C)C1.N[C@@H](Cc1ccccc1)C(=O)O. The van der Waals surface area contributed by atoms with E-state index in [9.17, 15) is 4.79 Å². The summed E-state index contributed by atoms with van der Waals surface area (Å²) < 4.78 is 0. The molecule has 1 aromatic rings. The molecule has 1 atom stereocenters. The van der Waals surface area contributed by atoms with Gasteiger partial charge in [0, 0.05) is 26.0 Å². The summed E-state index contributed by atoms with van der Waals surface area (Å²) in [6, 6.07) is 8.54. The van der Waals surface area contributed by atoms with Crippen LogP contribution >= 0.6 is 0 Å². The van der Waals surface area contributed by atoms with Gasteiger partial charge in [-0.25, -0.2) is 0 Å². The molecule has 3 N–H and O–H groups in total. The summed E-state index contributed by atoms with van der Waals surface area (Å²) in [6.07, 6.45) is 19.0. The van der Waals surface area contributed by atoms with Crippen LogP contribution in [0.2, 0.25) is 0 Å². The molecular formula is C25H43N3O2. The number of carboxylic acids is 1. The average Bonchev–Trinajstić information content (AvgIpc) is 3.15. The van der Waals surface area contributed by atoms with E-state index in [0.29, 0.717) is 6.42 Å². The number of carbonyl (C=O) groups is 1. The van der Waals surface area contributed by atoms with Crippen molar-refractivity contribution in [3.63, 3.8) is 0 Å². The predicted octanol–water partition coefficient (Wildman–Crippen LogP) is 5.22. The molecule has 0 spiro atoms. The van der Waals surface area contributed by atoms with Crippen molar-refractivity contribution in [2.75, 3.05) is 20.3 Å². The first kappa shape index (κ1) is 26.0. The summed E-state index contributed by atoms with van der Waals surface area (Å²) in [5.41, 5.74) is 6.30. The second-order valence-electron chi connectivity index (χ2n) is 8.33. The van der Waals surface area contributed by atoms with Crippen molar-refractivity contribution >= 4 is 5.97 Å². The minimum Gasteiger partial charge on any atom is -0.480 e. The Morgan fingerprint density at radius 3 is 2.03 bits per heavy atom. The van der Waals surface area contributed by atoms with Gasteiger partial charge in [0.25, 0.3) is 0 Å². The molecule has 5 nitrogen and oxygen atoms in total. The van der Waals surface area contributed by atoms with E-state index >= 15 is 0 Å². The van der Waals surface area contributed by atoms with E-state index < -0.39 is 12.0 Å². The second-order valence-corrected chi connectivity index (χ2v) is 8.33. The molecule has 1 aliphatic heterocycles. The molecule has 2 rings (SSSR count). The number of hydrogen-bond donors (Lipinski definition) is 2. The maximum absolute atomic E-state index is 10.4. The number of nitrogens with two attached hydrogens (primary N) is 1. The molecule has 0 aromatic heterocycles. The lowest BCUT2D eigenvalue weighted by Crippen LogP contribution is -2.32. The highest BCUT2D eigenvalue weighted by Gasteiger charge is 2.11. The number of benzene rings is 1. The second kappa shape index (κ2) is 16.8. The van der Waals surface area contributed by atoms with Crippen LogP contribution in [0.4, 0.5) is 0 Å². The summed E-state index contributed by atoms with van der Waals surface area (Å²) in [5, 5.41) is 8.52. The van der Waals surface area contributed by atoms with Crippen LogP contribution in [0.15, 0.2) is 42.7 Å². The highest BCUT2D eigenvalue weighted by molar-refractivity contribution is 5.73. The summed E-state index contributed by atoms with van der Waals surface area (Å²) in [5.74, 6) is -0.959. The lowest BCUT2D eigenvalue weighted by Gasteiger charge is -2.17. The molecule has 170 valence electrons. The van der Waals surface area contributed by atoms with Gasteiger partial charge >= 0.3 is 5.97 Å². The number of rotatable bonds is 14. The van der Waals surface area contributed by atoms with Crippen molar-refractivity contribution in [2.24, 2.45) is 5.73 Å². The third kappa shape index (κ3) is 13.3. The third-order valence-corrected chi connectivity index (χ3v) is 5.35. The van der Waals surface area contributed by atoms with Crippen molar-refractivity contribution in [2.45, 2.75) is 83.6 Å². The van der Waals surface area contributed by atoms with Gasteiger partial charge in [-0.15, -0.1) is 0 Å². The molecule has 1 aliphatic rings. The van der Waals surface area contributed by atoms with Crippen molar-refractivity contribution in [1.29, 1.82) is 0 Å². The molecule has 30 heavy (non-hydrogen) atoms. The van der Waals surface area contributed by atoms with Gasteiger partial charge in [0.15, 0.2) is 0 Å². The Morgan fingerprint density at radius 2 is 1.53 bits per heavy atom. The normalized spacial score (nSPS) is 13.8. The van der Waals surface area contributed by atoms with Crippen LogP contribution in [0, 0.1) is 0 Å². The molecule has 1 heterocycles. The van der Waals surface area contributed by atoms with Gasteiger partial charge in [-0.05, 0) is 18.4 Å². The van der Waals surface area contributed by atoms with Crippen molar-refractivity contribution in [1.82, 2.24) is 9.80 Å². The minimum atomic E-state index is -0.959. The minimum absolute atomic E-state index is 0.385. The highest BCUT2D eigenvalue weighted by Crippen LogP contribution is 2.11. The lowest BCUT2D eigenvalue weighted by molar-refractivity contribution is -0.138. The largest absolute Gasteiger partial charge is 0.480 e. The van der Waals surface area contributed by atoms with E-state index in [0.717, 1.165) is 12.2 Å². The van der Waals surface area contributed by atoms with E-state index in [1.807, 2.05) is 30.3 Å². The summed E-state index contributed by atoms with van der Waals surface area (Å²) in [4.78, 5) is 15.0. The molecule has 0 fully saturated rings. The fourth-order valence-corrected chi connectivity index (χ4v) is 3.49. The van der Waals surface area contributed by atoms with Crippen molar-refractivity contribution < 1.29 is 9.90 Å². The fourth-order valence-electron chi connectivity index (χ4n) is 3.49. The van der Waals surface area contributed by atoms with Gasteiger partial charge in [-0.3, -0.25) is 4.79 Å². The number of nitrogens with zero attached hydrogens (tertiary/aromatic N) is 2. The van der Waals surface area contributed by atoms with E-state index in [4.69, 9.17) is 10.8 Å². The van der Waals surface area contributed by atoms with Crippen LogP contribution in [0.5, 0.6) is 0 Å². The van der Waals surface area contributed by atoms with Gasteiger partial charge in [0.05, 0.1) is 6.67 Å². The Kier molecular flexibility index (Phi) is 14.5. The average molecular weight is 418 g/mol. The molecule has 0 radical (unpaired) electrons. The van der Waals surface area contributed by atoms with Crippen LogP contribution in [-0.2, 0) is 11.2 Å². The zero-order valence-electron chi connectivity index (χ0n) is 19.1. The Bertz CT molecular complexity index is 577. The first-order valence-corrected chi connectivity index (χ1v) is 11.7. The molecule has 0 aliphatic carbocycles. The Hall–Kier alpha value is -2.01. The molecule has 0 bridgehead atoms. The molecular weight excluding hydrogens is 374 g/mol. The molecule has 5 heteroatoms. The Morgan fingerprint density at radius 1 is 0.967 bits per heavy atom. The first-order chi connectivity index (χ1) is 14.5. The third-order valence-electron chi connectivity index (χ3n) is 5.35. The summed E-state index contributed by atoms with van der Waals surface area (Å²) in [7, 11) is 2.13. The number of aliphatic carboxylic acids is 1. The Balaban J connectivity index is 0.000000325. The smallest absolute Gasteiger partial charge is 0.320 e. The first-order valence-electron chi connectivity index (χ1n) is 11.7. The van der Waals surface area contributed by atoms with Crippen LogP contribution in [0.1, 0.15) is 76.7 Å². The van der Waals surface area contributed by atoms with Gasteiger partial charge in [-0.1, -0.05) is 95.0 Å². The topological polar surface area (TPSA) is 69.8 Å². The zero-order valence-corrected chi connectivity index (χ0v) is 19.1. The molecule has 1 aromatic carbocycles. The van der Waals surface area contributed by atoms with E-state index in [2.05, 4.69) is 36.2 Å². The zero-order chi connectivity index (χ0) is 22.0. The van der Waals surface area contributed by atoms with Gasteiger partial charge in [-0.2, -0.15) is 0 Å². The molecule has 0 saturated carbocycles. The van der Waals surface area contributed by atoms with Gasteiger partial charge < -0.3 is 20.6 Å². The van der Waals surface area contributed by atoms with E-state index in [-0.39, 0.29) is 0 Å². The van der Waals surface area contributed by atoms with E-state index in [1.165, 1.54) is 70.8 Å². The molecule has 0 saturated heterocycles. The van der Waals surface area contributed by atoms with Crippen LogP contribution in [-0.4, -0.2) is 47.2 Å². The van der Waals surface area contributed by atoms with Crippen LogP contribution in [0.25, 0.3) is 0 Å². The number of unbranched alkanes of at least 4 members (excludes halogenated alkanes) is 9. The quantitative estimate of drug-likeness (QED) is 0.406. The van der Waals surface area contributed by atoms with Crippen LogP contribution in [0.3, 0.4) is 0 Å². The standard InChI is InChI=1S/C16H32N2.C9H11NO2/c1-3-4-5-6-7-8-9-10-11-12-13-18-15-14-17(2)16-18;10-8(9(11)12)6-7-4-2-1-3-5-7/h14-15H,3-13,16H2,1-2H3;1-5,8H,6,10H2,(H,11,12)/t;8-/m.0/s1. The van der Waals surface area contributed by atoms with Crippen LogP contribution < -0.4 is 5.73 Å². The Labute approximate surface area is 183 Å². The molecule has 0 unspecified atom stereocenters. The van der Waals surface area contributed by atoms with Gasteiger partial charge in [0.1, 0.15) is 6.04 Å². The number of carboxylic acid groups (broad SMARTS) is 1. The van der Waals surface area contributed by atoms with Crippen molar-refractivity contribution in [3.05, 3.63) is 48.3 Å².